The standard InChI is InChI=1S/C21H22ClFN2O3/c1-12(20(27)19-15(22)6-4-7-16(19)23)24-18(26)10-9-14-11-13-5-2-3-8-17(13)25-21(14)28/h2-8,12,14,20,27H,9-11H2,1H3,(H,24,26)(H,25,28)/t12-,14+,20+/m0/s1. The fourth-order valence-electron chi connectivity index (χ4n) is 3.40. The van der Waals surface area contributed by atoms with Crippen LogP contribution in [0.25, 0.3) is 0 Å². The molecule has 5 nitrogen and oxygen atoms in total. The first kappa shape index (κ1) is 20.3. The predicted molar refractivity (Wildman–Crippen MR) is 105 cm³/mol. The van der Waals surface area contributed by atoms with E-state index in [4.69, 9.17) is 11.6 Å². The molecule has 1 aliphatic rings. The van der Waals surface area contributed by atoms with Gasteiger partial charge >= 0.3 is 0 Å². The summed E-state index contributed by atoms with van der Waals surface area (Å²) in [6, 6.07) is 11.0. The largest absolute Gasteiger partial charge is 0.386 e. The lowest BCUT2D eigenvalue weighted by Gasteiger charge is -2.25. The molecule has 0 unspecified atom stereocenters. The SMILES string of the molecule is C[C@H](NC(=O)CC[C@@H]1Cc2ccccc2NC1=O)[C@@H](O)c1c(F)cccc1Cl. The molecule has 0 saturated heterocycles. The molecule has 0 aromatic heterocycles. The Morgan fingerprint density at radius 2 is 2.07 bits per heavy atom. The first-order chi connectivity index (χ1) is 13.4. The first-order valence-corrected chi connectivity index (χ1v) is 9.54. The van der Waals surface area contributed by atoms with Crippen molar-refractivity contribution in [1.29, 1.82) is 0 Å². The molecule has 1 aliphatic heterocycles. The number of aliphatic hydroxyl groups is 1. The topological polar surface area (TPSA) is 78.4 Å². The smallest absolute Gasteiger partial charge is 0.227 e. The van der Waals surface area contributed by atoms with Gasteiger partial charge in [-0.2, -0.15) is 0 Å². The fourth-order valence-corrected chi connectivity index (χ4v) is 3.67. The molecule has 1 heterocycles. The summed E-state index contributed by atoms with van der Waals surface area (Å²) in [5, 5.41) is 16.0. The van der Waals surface area contributed by atoms with Gasteiger partial charge in [-0.05, 0) is 43.5 Å². The summed E-state index contributed by atoms with van der Waals surface area (Å²) in [6.45, 7) is 1.58. The number of hydrogen-bond donors (Lipinski definition) is 3. The quantitative estimate of drug-likeness (QED) is 0.688. The van der Waals surface area contributed by atoms with E-state index in [9.17, 15) is 19.1 Å². The molecule has 3 N–H and O–H groups in total. The van der Waals surface area contributed by atoms with Crippen LogP contribution in [0.4, 0.5) is 10.1 Å². The lowest BCUT2D eigenvalue weighted by molar-refractivity contribution is -0.123. The van der Waals surface area contributed by atoms with Gasteiger partial charge in [0.25, 0.3) is 0 Å². The zero-order valence-corrected chi connectivity index (χ0v) is 16.2. The molecule has 2 amide bonds. The molecule has 0 fully saturated rings. The number of nitrogens with one attached hydrogen (secondary N) is 2. The van der Waals surface area contributed by atoms with Crippen LogP contribution >= 0.6 is 11.6 Å². The van der Waals surface area contributed by atoms with Gasteiger partial charge in [-0.1, -0.05) is 35.9 Å². The maximum atomic E-state index is 14.0. The van der Waals surface area contributed by atoms with Crippen LogP contribution < -0.4 is 10.6 Å². The highest BCUT2D eigenvalue weighted by atomic mass is 35.5. The fraction of sp³-hybridized carbons (Fsp3) is 0.333. The molecule has 2 aromatic rings. The van der Waals surface area contributed by atoms with E-state index in [0.29, 0.717) is 12.8 Å². The van der Waals surface area contributed by atoms with E-state index < -0.39 is 18.0 Å². The Labute approximate surface area is 167 Å². The van der Waals surface area contributed by atoms with Crippen LogP contribution in [0.2, 0.25) is 5.02 Å². The number of carbonyl (C=O) groups is 2. The van der Waals surface area contributed by atoms with Gasteiger partial charge in [0.05, 0.1) is 6.04 Å². The summed E-state index contributed by atoms with van der Waals surface area (Å²) in [6.07, 6.45) is -0.182. The second kappa shape index (κ2) is 8.71. The van der Waals surface area contributed by atoms with Gasteiger partial charge in [0.2, 0.25) is 11.8 Å². The van der Waals surface area contributed by atoms with Gasteiger partial charge in [0, 0.05) is 28.6 Å². The summed E-state index contributed by atoms with van der Waals surface area (Å²) < 4.78 is 14.0. The van der Waals surface area contributed by atoms with Crippen molar-refractivity contribution in [3.05, 3.63) is 64.4 Å². The second-order valence-electron chi connectivity index (χ2n) is 7.02. The monoisotopic (exact) mass is 404 g/mol. The van der Waals surface area contributed by atoms with Gasteiger partial charge in [-0.15, -0.1) is 0 Å². The molecule has 28 heavy (non-hydrogen) atoms. The molecule has 0 bridgehead atoms. The zero-order valence-electron chi connectivity index (χ0n) is 15.4. The van der Waals surface area contributed by atoms with E-state index in [1.807, 2.05) is 24.3 Å². The highest BCUT2D eigenvalue weighted by Gasteiger charge is 2.27. The Bertz CT molecular complexity index is 869. The molecule has 0 saturated carbocycles. The summed E-state index contributed by atoms with van der Waals surface area (Å²) in [5.41, 5.74) is 1.82. The van der Waals surface area contributed by atoms with E-state index in [0.717, 1.165) is 11.3 Å². The average Bonchev–Trinajstić information content (AvgIpc) is 2.66. The van der Waals surface area contributed by atoms with Crippen LogP contribution in [0, 0.1) is 11.7 Å². The van der Waals surface area contributed by atoms with Gasteiger partial charge < -0.3 is 15.7 Å². The maximum absolute atomic E-state index is 14.0. The third-order valence-corrected chi connectivity index (χ3v) is 5.32. The van der Waals surface area contributed by atoms with E-state index in [2.05, 4.69) is 10.6 Å². The molecule has 3 atom stereocenters. The third-order valence-electron chi connectivity index (χ3n) is 4.99. The maximum Gasteiger partial charge on any atom is 0.227 e. The van der Waals surface area contributed by atoms with Gasteiger partial charge in [0.1, 0.15) is 11.9 Å². The summed E-state index contributed by atoms with van der Waals surface area (Å²) in [4.78, 5) is 24.5. The van der Waals surface area contributed by atoms with Crippen molar-refractivity contribution >= 4 is 29.1 Å². The Morgan fingerprint density at radius 1 is 1.32 bits per heavy atom. The van der Waals surface area contributed by atoms with Crippen molar-refractivity contribution in [2.45, 2.75) is 38.3 Å². The molecular weight excluding hydrogens is 383 g/mol. The van der Waals surface area contributed by atoms with Crippen LogP contribution in [0.5, 0.6) is 0 Å². The minimum atomic E-state index is -1.28. The molecule has 3 rings (SSSR count). The second-order valence-corrected chi connectivity index (χ2v) is 7.43. The van der Waals surface area contributed by atoms with Crippen LogP contribution in [-0.2, 0) is 16.0 Å². The van der Waals surface area contributed by atoms with Gasteiger partial charge in [0.15, 0.2) is 0 Å². The third kappa shape index (κ3) is 4.51. The molecular formula is C21H22ClFN2O3. The highest BCUT2D eigenvalue weighted by molar-refractivity contribution is 6.31. The average molecular weight is 405 g/mol. The van der Waals surface area contributed by atoms with Crippen LogP contribution in [0.1, 0.15) is 37.0 Å². The number of hydrogen-bond acceptors (Lipinski definition) is 3. The zero-order chi connectivity index (χ0) is 20.3. The lowest BCUT2D eigenvalue weighted by Crippen LogP contribution is -2.38. The molecule has 0 radical (unpaired) electrons. The number of anilines is 1. The van der Waals surface area contributed by atoms with Crippen molar-refractivity contribution < 1.29 is 19.1 Å². The van der Waals surface area contributed by atoms with Gasteiger partial charge in [-0.25, -0.2) is 4.39 Å². The Kier molecular flexibility index (Phi) is 6.31. The number of fused-ring (bicyclic) bond motifs is 1. The summed E-state index contributed by atoms with van der Waals surface area (Å²) in [7, 11) is 0. The first-order valence-electron chi connectivity index (χ1n) is 9.17. The van der Waals surface area contributed by atoms with Crippen molar-refractivity contribution in [3.8, 4) is 0 Å². The highest BCUT2D eigenvalue weighted by Crippen LogP contribution is 2.29. The summed E-state index contributed by atoms with van der Waals surface area (Å²) in [5.74, 6) is -1.33. The van der Waals surface area contributed by atoms with Crippen LogP contribution in [0.15, 0.2) is 42.5 Å². The Hall–Kier alpha value is -2.44. The normalized spacial score (nSPS) is 18.0. The van der Waals surface area contributed by atoms with E-state index in [-0.39, 0.29) is 34.7 Å². The van der Waals surface area contributed by atoms with Gasteiger partial charge in [-0.3, -0.25) is 9.59 Å². The number of amides is 2. The van der Waals surface area contributed by atoms with Crippen LogP contribution in [-0.4, -0.2) is 23.0 Å². The van der Waals surface area contributed by atoms with Crippen molar-refractivity contribution in [2.24, 2.45) is 5.92 Å². The molecule has 2 aromatic carbocycles. The van der Waals surface area contributed by atoms with E-state index in [1.165, 1.54) is 18.2 Å². The van der Waals surface area contributed by atoms with Crippen molar-refractivity contribution in [1.82, 2.24) is 5.32 Å². The minimum absolute atomic E-state index is 0.0415. The number of halogens is 2. The number of rotatable bonds is 6. The molecule has 7 heteroatoms. The predicted octanol–water partition coefficient (Wildman–Crippen LogP) is 3.61. The number of benzene rings is 2. The number of aliphatic hydroxyl groups excluding tert-OH is 1. The van der Waals surface area contributed by atoms with E-state index >= 15 is 0 Å². The lowest BCUT2D eigenvalue weighted by atomic mass is 9.89. The van der Waals surface area contributed by atoms with Crippen LogP contribution in [0.3, 0.4) is 0 Å². The summed E-state index contributed by atoms with van der Waals surface area (Å²) >= 11 is 5.97. The number of para-hydroxylation sites is 1. The minimum Gasteiger partial charge on any atom is -0.386 e. The molecule has 0 spiro atoms. The van der Waals surface area contributed by atoms with Crippen molar-refractivity contribution in [2.75, 3.05) is 5.32 Å². The molecule has 148 valence electrons. The van der Waals surface area contributed by atoms with E-state index in [1.54, 1.807) is 6.92 Å². The Morgan fingerprint density at radius 3 is 2.82 bits per heavy atom. The number of carbonyl (C=O) groups excluding carboxylic acids is 2. The Balaban J connectivity index is 1.55. The molecule has 0 aliphatic carbocycles. The van der Waals surface area contributed by atoms with Crippen molar-refractivity contribution in [3.63, 3.8) is 0 Å².